The van der Waals surface area contributed by atoms with Crippen LogP contribution in [0.4, 0.5) is 17.5 Å². The van der Waals surface area contributed by atoms with Crippen molar-refractivity contribution in [1.29, 1.82) is 5.26 Å². The molecule has 176 valence electrons. The van der Waals surface area contributed by atoms with Crippen LogP contribution >= 0.6 is 0 Å². The minimum Gasteiger partial charge on any atom is -0.367 e. The van der Waals surface area contributed by atoms with Crippen molar-refractivity contribution >= 4 is 34.4 Å². The van der Waals surface area contributed by atoms with Crippen molar-refractivity contribution in [1.82, 2.24) is 29.3 Å². The first-order valence-corrected chi connectivity index (χ1v) is 11.8. The van der Waals surface area contributed by atoms with E-state index in [9.17, 15) is 4.79 Å². The normalized spacial score (nSPS) is 16.6. The molecule has 1 aliphatic carbocycles. The molecular weight excluding hydrogens is 430 g/mol. The van der Waals surface area contributed by atoms with Crippen LogP contribution in [-0.2, 0) is 0 Å². The number of anilines is 3. The van der Waals surface area contributed by atoms with Gasteiger partial charge in [-0.25, -0.2) is 9.97 Å². The molecule has 3 aromatic rings. The maximum Gasteiger partial charge on any atom is 0.270 e. The Morgan fingerprint density at radius 1 is 1.12 bits per heavy atom. The molecule has 0 atom stereocenters. The molecule has 5 rings (SSSR count). The number of carbonyl (C=O) groups excluding carboxylic acids is 1. The number of aromatic nitrogens is 4. The minimum atomic E-state index is -0.0210. The van der Waals surface area contributed by atoms with Crippen LogP contribution in [0, 0.1) is 11.5 Å². The summed E-state index contributed by atoms with van der Waals surface area (Å²) in [6, 6.07) is 6.11. The molecule has 10 nitrogen and oxygen atoms in total. The first-order valence-electron chi connectivity index (χ1n) is 11.8. The Kier molecular flexibility index (Phi) is 5.92. The third kappa shape index (κ3) is 4.21. The Balaban J connectivity index is 1.38. The predicted molar refractivity (Wildman–Crippen MR) is 130 cm³/mol. The summed E-state index contributed by atoms with van der Waals surface area (Å²) in [5.41, 5.74) is 2.47. The van der Waals surface area contributed by atoms with Crippen LogP contribution < -0.4 is 10.2 Å². The molecule has 1 saturated carbocycles. The second kappa shape index (κ2) is 9.17. The van der Waals surface area contributed by atoms with Gasteiger partial charge in [-0.05, 0) is 31.0 Å². The summed E-state index contributed by atoms with van der Waals surface area (Å²) in [6.45, 7) is 3.05. The minimum absolute atomic E-state index is 0.0210. The zero-order chi connectivity index (χ0) is 23.7. The Hall–Kier alpha value is -3.87. The zero-order valence-electron chi connectivity index (χ0n) is 19.6. The molecule has 1 amide bonds. The van der Waals surface area contributed by atoms with E-state index < -0.39 is 0 Å². The van der Waals surface area contributed by atoms with Crippen LogP contribution in [0.5, 0.6) is 0 Å². The van der Waals surface area contributed by atoms with Crippen LogP contribution in [-0.4, -0.2) is 75.5 Å². The van der Waals surface area contributed by atoms with E-state index in [-0.39, 0.29) is 11.9 Å². The van der Waals surface area contributed by atoms with Gasteiger partial charge in [-0.15, -0.1) is 0 Å². The van der Waals surface area contributed by atoms with E-state index in [0.29, 0.717) is 17.5 Å². The third-order valence-corrected chi connectivity index (χ3v) is 6.66. The lowest BCUT2D eigenvalue weighted by molar-refractivity contribution is 0.0815. The standard InChI is InChI=1S/C24H29N9O/c1-30(2)23(34)20-13-17-14-27-24(29-22(17)33(20)18-5-3-4-6-18)28-21-8-7-19(15-26-21)32-11-9-31(16-25)10-12-32/h7-8,13-15,18H,3-6,9-12H2,1-2H3,(H,26,27,28,29). The number of pyridine rings is 1. The largest absolute Gasteiger partial charge is 0.367 e. The van der Waals surface area contributed by atoms with Gasteiger partial charge < -0.3 is 24.6 Å². The van der Waals surface area contributed by atoms with Crippen molar-refractivity contribution < 1.29 is 4.79 Å². The Morgan fingerprint density at radius 2 is 1.88 bits per heavy atom. The van der Waals surface area contributed by atoms with E-state index in [2.05, 4.69) is 30.9 Å². The van der Waals surface area contributed by atoms with E-state index in [1.165, 1.54) is 0 Å². The molecule has 0 unspecified atom stereocenters. The van der Waals surface area contributed by atoms with Gasteiger partial charge in [0.15, 0.2) is 6.19 Å². The second-order valence-corrected chi connectivity index (χ2v) is 9.11. The molecular formula is C24H29N9O. The van der Waals surface area contributed by atoms with Gasteiger partial charge in [-0.3, -0.25) is 4.79 Å². The predicted octanol–water partition coefficient (Wildman–Crippen LogP) is 2.99. The lowest BCUT2D eigenvalue weighted by atomic mass is 10.2. The summed E-state index contributed by atoms with van der Waals surface area (Å²) in [5, 5.41) is 13.1. The van der Waals surface area contributed by atoms with Gasteiger partial charge in [0, 0.05) is 57.9 Å². The number of piperazine rings is 1. The average molecular weight is 460 g/mol. The fourth-order valence-electron chi connectivity index (χ4n) is 4.82. The molecule has 0 bridgehead atoms. The topological polar surface area (TPSA) is 106 Å². The van der Waals surface area contributed by atoms with E-state index in [0.717, 1.165) is 68.6 Å². The molecule has 1 N–H and O–H groups in total. The molecule has 2 aliphatic rings. The quantitative estimate of drug-likeness (QED) is 0.581. The number of hydrogen-bond acceptors (Lipinski definition) is 8. The molecule has 10 heteroatoms. The van der Waals surface area contributed by atoms with Gasteiger partial charge in [0.05, 0.1) is 11.9 Å². The molecule has 34 heavy (non-hydrogen) atoms. The van der Waals surface area contributed by atoms with Crippen LogP contribution in [0.1, 0.15) is 42.2 Å². The van der Waals surface area contributed by atoms with Crippen LogP contribution in [0.2, 0.25) is 0 Å². The van der Waals surface area contributed by atoms with Crippen molar-refractivity contribution in [2.45, 2.75) is 31.7 Å². The van der Waals surface area contributed by atoms with Gasteiger partial charge in [0.2, 0.25) is 5.95 Å². The summed E-state index contributed by atoms with van der Waals surface area (Å²) in [6.07, 6.45) is 10.2. The maximum atomic E-state index is 12.9. The van der Waals surface area contributed by atoms with Crippen molar-refractivity contribution in [2.24, 2.45) is 0 Å². The van der Waals surface area contributed by atoms with Gasteiger partial charge in [-0.2, -0.15) is 10.2 Å². The van der Waals surface area contributed by atoms with Crippen molar-refractivity contribution in [2.75, 3.05) is 50.5 Å². The van der Waals surface area contributed by atoms with Crippen molar-refractivity contribution in [3.63, 3.8) is 0 Å². The number of fused-ring (bicyclic) bond motifs is 1. The van der Waals surface area contributed by atoms with E-state index >= 15 is 0 Å². The molecule has 4 heterocycles. The maximum absolute atomic E-state index is 12.9. The molecule has 0 aromatic carbocycles. The molecule has 1 aliphatic heterocycles. The number of nitrogens with one attached hydrogen (secondary N) is 1. The summed E-state index contributed by atoms with van der Waals surface area (Å²) in [4.78, 5) is 32.3. The second-order valence-electron chi connectivity index (χ2n) is 9.11. The highest BCUT2D eigenvalue weighted by molar-refractivity contribution is 5.97. The third-order valence-electron chi connectivity index (χ3n) is 6.66. The summed E-state index contributed by atoms with van der Waals surface area (Å²) >= 11 is 0. The Bertz CT molecular complexity index is 1210. The van der Waals surface area contributed by atoms with Crippen molar-refractivity contribution in [3.8, 4) is 6.19 Å². The highest BCUT2D eigenvalue weighted by Gasteiger charge is 2.26. The highest BCUT2D eigenvalue weighted by Crippen LogP contribution is 2.35. The summed E-state index contributed by atoms with van der Waals surface area (Å²) in [5.74, 6) is 1.09. The molecule has 3 aromatic heterocycles. The first kappa shape index (κ1) is 21.9. The smallest absolute Gasteiger partial charge is 0.270 e. The van der Waals surface area contributed by atoms with Gasteiger partial charge in [0.1, 0.15) is 17.2 Å². The highest BCUT2D eigenvalue weighted by atomic mass is 16.2. The average Bonchev–Trinajstić information content (AvgIpc) is 3.51. The van der Waals surface area contributed by atoms with Gasteiger partial charge in [-0.1, -0.05) is 12.8 Å². The lowest BCUT2D eigenvalue weighted by Gasteiger charge is -2.33. The van der Waals surface area contributed by atoms with Gasteiger partial charge in [0.25, 0.3) is 5.91 Å². The molecule has 0 radical (unpaired) electrons. The summed E-state index contributed by atoms with van der Waals surface area (Å²) in [7, 11) is 3.55. The zero-order valence-corrected chi connectivity index (χ0v) is 19.6. The van der Waals surface area contributed by atoms with E-state index in [4.69, 9.17) is 10.2 Å². The molecule has 1 saturated heterocycles. The number of amides is 1. The number of hydrogen-bond donors (Lipinski definition) is 1. The monoisotopic (exact) mass is 459 g/mol. The fraction of sp³-hybridized carbons (Fsp3) is 0.458. The van der Waals surface area contributed by atoms with Crippen molar-refractivity contribution in [3.05, 3.63) is 36.3 Å². The SMILES string of the molecule is CN(C)C(=O)c1cc2cnc(Nc3ccc(N4CCN(C#N)CC4)cn3)nc2n1C1CCCC1. The van der Waals surface area contributed by atoms with Crippen LogP contribution in [0.15, 0.2) is 30.6 Å². The number of nitriles is 1. The number of carbonyl (C=O) groups is 1. The van der Waals surface area contributed by atoms with Crippen LogP contribution in [0.25, 0.3) is 11.0 Å². The van der Waals surface area contributed by atoms with E-state index in [1.807, 2.05) is 24.4 Å². The van der Waals surface area contributed by atoms with E-state index in [1.54, 1.807) is 30.1 Å². The number of rotatable bonds is 5. The van der Waals surface area contributed by atoms with Crippen LogP contribution in [0.3, 0.4) is 0 Å². The van der Waals surface area contributed by atoms with Gasteiger partial charge >= 0.3 is 0 Å². The Morgan fingerprint density at radius 3 is 2.53 bits per heavy atom. The first-order chi connectivity index (χ1) is 16.5. The lowest BCUT2D eigenvalue weighted by Crippen LogP contribution is -2.44. The Labute approximate surface area is 198 Å². The fourth-order valence-corrected chi connectivity index (χ4v) is 4.82. The summed E-state index contributed by atoms with van der Waals surface area (Å²) < 4.78 is 2.11. The molecule has 0 spiro atoms. The molecule has 2 fully saturated rings. The number of nitrogens with zero attached hydrogens (tertiary/aromatic N) is 8.